The Morgan fingerprint density at radius 3 is 2.59 bits per heavy atom. The van der Waals surface area contributed by atoms with Crippen molar-refractivity contribution in [3.05, 3.63) is 81.7 Å². The average Bonchev–Trinajstić information content (AvgIpc) is 3.24. The molecular formula is C23H23FN6O3S. The molecule has 0 unspecified atom stereocenters. The van der Waals surface area contributed by atoms with Crippen LogP contribution in [0.4, 0.5) is 4.39 Å². The number of nitrogens with zero attached hydrogens (tertiary/aromatic N) is 5. The standard InChI is InChI=1S/C23H23FN6O3S/c1-15-4-10-19(11-5-15)34(32,33)29-12-2-3-17(14-29)21-25-22-20(23(31)26-21)27-28-30(22)13-16-6-8-18(24)9-7-16/h4-11,17H,2-3,12-14H2,1H3,(H,25,26,31)/t17-/m1/s1. The molecule has 0 saturated carbocycles. The Labute approximate surface area is 195 Å². The van der Waals surface area contributed by atoms with E-state index in [0.29, 0.717) is 30.9 Å². The van der Waals surface area contributed by atoms with Crippen LogP contribution in [0.2, 0.25) is 0 Å². The number of rotatable bonds is 5. The van der Waals surface area contributed by atoms with Crippen LogP contribution in [-0.2, 0) is 16.6 Å². The molecule has 4 aromatic rings. The fraction of sp³-hybridized carbons (Fsp3) is 0.304. The molecule has 0 aliphatic carbocycles. The number of aryl methyl sites for hydroxylation is 1. The van der Waals surface area contributed by atoms with Gasteiger partial charge >= 0.3 is 0 Å². The first-order valence-corrected chi connectivity index (χ1v) is 12.4. The van der Waals surface area contributed by atoms with Gasteiger partial charge < -0.3 is 4.98 Å². The molecular weight excluding hydrogens is 459 g/mol. The van der Waals surface area contributed by atoms with Crippen LogP contribution in [0.15, 0.2) is 58.2 Å². The topological polar surface area (TPSA) is 114 Å². The maximum absolute atomic E-state index is 13.2. The van der Waals surface area contributed by atoms with E-state index in [0.717, 1.165) is 11.1 Å². The maximum Gasteiger partial charge on any atom is 0.281 e. The molecule has 34 heavy (non-hydrogen) atoms. The van der Waals surface area contributed by atoms with Gasteiger partial charge in [-0.05, 0) is 49.6 Å². The van der Waals surface area contributed by atoms with Crippen molar-refractivity contribution in [1.82, 2.24) is 29.3 Å². The van der Waals surface area contributed by atoms with Crippen molar-refractivity contribution in [1.29, 1.82) is 0 Å². The van der Waals surface area contributed by atoms with Crippen molar-refractivity contribution < 1.29 is 12.8 Å². The molecule has 0 bridgehead atoms. The van der Waals surface area contributed by atoms with Gasteiger partial charge in [-0.25, -0.2) is 22.5 Å². The molecule has 2 aromatic carbocycles. The third-order valence-corrected chi connectivity index (χ3v) is 7.95. The number of fused-ring (bicyclic) bond motifs is 1. The first kappa shape index (κ1) is 22.4. The van der Waals surface area contributed by atoms with E-state index in [1.165, 1.54) is 21.1 Å². The summed E-state index contributed by atoms with van der Waals surface area (Å²) >= 11 is 0. The summed E-state index contributed by atoms with van der Waals surface area (Å²) in [5.74, 6) is -0.212. The van der Waals surface area contributed by atoms with E-state index in [-0.39, 0.29) is 35.2 Å². The van der Waals surface area contributed by atoms with Crippen LogP contribution in [0.3, 0.4) is 0 Å². The highest BCUT2D eigenvalue weighted by molar-refractivity contribution is 7.89. The Morgan fingerprint density at radius 1 is 1.12 bits per heavy atom. The number of nitrogens with one attached hydrogen (secondary N) is 1. The predicted octanol–water partition coefficient (Wildman–Crippen LogP) is 2.58. The van der Waals surface area contributed by atoms with Crippen molar-refractivity contribution in [2.24, 2.45) is 0 Å². The van der Waals surface area contributed by atoms with E-state index >= 15 is 0 Å². The number of aromatic amines is 1. The molecule has 1 aliphatic rings. The second-order valence-electron chi connectivity index (χ2n) is 8.51. The van der Waals surface area contributed by atoms with Crippen molar-refractivity contribution in [3.63, 3.8) is 0 Å². The van der Waals surface area contributed by atoms with Gasteiger partial charge in [-0.3, -0.25) is 4.79 Å². The number of piperidine rings is 1. The van der Waals surface area contributed by atoms with Crippen molar-refractivity contribution in [2.45, 2.75) is 37.1 Å². The normalized spacial score (nSPS) is 17.3. The van der Waals surface area contributed by atoms with E-state index in [9.17, 15) is 17.6 Å². The maximum atomic E-state index is 13.2. The Morgan fingerprint density at radius 2 is 1.85 bits per heavy atom. The molecule has 11 heteroatoms. The minimum Gasteiger partial charge on any atom is -0.308 e. The number of hydrogen-bond donors (Lipinski definition) is 1. The zero-order chi connectivity index (χ0) is 23.9. The number of H-pyrrole nitrogens is 1. The van der Waals surface area contributed by atoms with Gasteiger partial charge in [0, 0.05) is 19.0 Å². The molecule has 1 saturated heterocycles. The third kappa shape index (κ3) is 4.24. The number of hydrogen-bond acceptors (Lipinski definition) is 6. The average molecular weight is 483 g/mol. The summed E-state index contributed by atoms with van der Waals surface area (Å²) in [7, 11) is -3.66. The summed E-state index contributed by atoms with van der Waals surface area (Å²) in [6, 6.07) is 12.7. The van der Waals surface area contributed by atoms with Crippen LogP contribution < -0.4 is 5.56 Å². The second-order valence-corrected chi connectivity index (χ2v) is 10.5. The molecule has 3 heterocycles. The summed E-state index contributed by atoms with van der Waals surface area (Å²) in [6.07, 6.45) is 1.33. The van der Waals surface area contributed by atoms with Gasteiger partial charge in [0.25, 0.3) is 5.56 Å². The third-order valence-electron chi connectivity index (χ3n) is 6.07. The number of benzene rings is 2. The summed E-state index contributed by atoms with van der Waals surface area (Å²) in [4.78, 5) is 20.3. The molecule has 9 nitrogen and oxygen atoms in total. The Kier molecular flexibility index (Phi) is 5.74. The quantitative estimate of drug-likeness (QED) is 0.468. The van der Waals surface area contributed by atoms with E-state index < -0.39 is 15.6 Å². The molecule has 2 aromatic heterocycles. The predicted molar refractivity (Wildman–Crippen MR) is 123 cm³/mol. The Bertz CT molecular complexity index is 1500. The van der Waals surface area contributed by atoms with Gasteiger partial charge in [0.15, 0.2) is 11.2 Å². The Hall–Kier alpha value is -3.44. The van der Waals surface area contributed by atoms with Gasteiger partial charge in [-0.15, -0.1) is 5.10 Å². The first-order chi connectivity index (χ1) is 16.3. The van der Waals surface area contributed by atoms with Crippen molar-refractivity contribution >= 4 is 21.2 Å². The van der Waals surface area contributed by atoms with Crippen LogP contribution in [0.5, 0.6) is 0 Å². The fourth-order valence-corrected chi connectivity index (χ4v) is 5.71. The molecule has 5 rings (SSSR count). The minimum atomic E-state index is -3.66. The van der Waals surface area contributed by atoms with E-state index in [1.807, 2.05) is 6.92 Å². The van der Waals surface area contributed by atoms with Crippen molar-refractivity contribution in [3.8, 4) is 0 Å². The van der Waals surface area contributed by atoms with Gasteiger partial charge in [-0.1, -0.05) is 35.0 Å². The zero-order valence-electron chi connectivity index (χ0n) is 18.5. The molecule has 0 spiro atoms. The van der Waals surface area contributed by atoms with E-state index in [2.05, 4.69) is 20.3 Å². The highest BCUT2D eigenvalue weighted by Gasteiger charge is 2.32. The molecule has 1 N–H and O–H groups in total. The summed E-state index contributed by atoms with van der Waals surface area (Å²) in [5, 5.41) is 7.99. The lowest BCUT2D eigenvalue weighted by molar-refractivity contribution is 0.309. The monoisotopic (exact) mass is 482 g/mol. The zero-order valence-corrected chi connectivity index (χ0v) is 19.3. The molecule has 1 fully saturated rings. The summed E-state index contributed by atoms with van der Waals surface area (Å²) in [6.45, 7) is 2.79. The minimum absolute atomic E-state index is 0.103. The van der Waals surface area contributed by atoms with E-state index in [1.54, 1.807) is 36.4 Å². The molecule has 176 valence electrons. The van der Waals surface area contributed by atoms with Crippen LogP contribution in [0, 0.1) is 12.7 Å². The molecule has 1 aliphatic heterocycles. The van der Waals surface area contributed by atoms with Crippen LogP contribution >= 0.6 is 0 Å². The largest absolute Gasteiger partial charge is 0.308 e. The van der Waals surface area contributed by atoms with Gasteiger partial charge in [0.1, 0.15) is 11.6 Å². The number of halogens is 1. The lowest BCUT2D eigenvalue weighted by atomic mass is 9.99. The lowest BCUT2D eigenvalue weighted by Gasteiger charge is -2.31. The Balaban J connectivity index is 1.44. The van der Waals surface area contributed by atoms with E-state index in [4.69, 9.17) is 0 Å². The van der Waals surface area contributed by atoms with Crippen LogP contribution in [0.1, 0.15) is 35.7 Å². The molecule has 0 amide bonds. The molecule has 0 radical (unpaired) electrons. The van der Waals surface area contributed by atoms with Crippen LogP contribution in [0.25, 0.3) is 11.2 Å². The second kappa shape index (κ2) is 8.73. The smallest absolute Gasteiger partial charge is 0.281 e. The molecule has 1 atom stereocenters. The van der Waals surface area contributed by atoms with Crippen LogP contribution in [-0.4, -0.2) is 50.8 Å². The van der Waals surface area contributed by atoms with Gasteiger partial charge in [-0.2, -0.15) is 4.31 Å². The summed E-state index contributed by atoms with van der Waals surface area (Å²) < 4.78 is 42.5. The van der Waals surface area contributed by atoms with Gasteiger partial charge in [0.05, 0.1) is 11.4 Å². The van der Waals surface area contributed by atoms with Gasteiger partial charge in [0.2, 0.25) is 10.0 Å². The van der Waals surface area contributed by atoms with Crippen molar-refractivity contribution in [2.75, 3.05) is 13.1 Å². The number of sulfonamides is 1. The SMILES string of the molecule is Cc1ccc(S(=O)(=O)N2CCC[C@@H](c3nc4c(nnn4Cc4ccc(F)cc4)c(=O)[nH]3)C2)cc1. The first-order valence-electron chi connectivity index (χ1n) is 11.0. The lowest BCUT2D eigenvalue weighted by Crippen LogP contribution is -2.39. The highest BCUT2D eigenvalue weighted by Crippen LogP contribution is 2.29. The fourth-order valence-electron chi connectivity index (χ4n) is 4.19. The summed E-state index contributed by atoms with van der Waals surface area (Å²) in [5.41, 5.74) is 1.75. The number of aromatic nitrogens is 5. The highest BCUT2D eigenvalue weighted by atomic mass is 32.2.